The first-order valence-corrected chi connectivity index (χ1v) is 6.86. The minimum absolute atomic E-state index is 0.593. The fraction of sp³-hybridized carbons (Fsp3) is 0.286. The Morgan fingerprint density at radius 3 is 2.63 bits per heavy atom. The van der Waals surface area contributed by atoms with E-state index >= 15 is 0 Å². The van der Waals surface area contributed by atoms with Gasteiger partial charge >= 0.3 is 0 Å². The third kappa shape index (κ3) is 3.82. The average molecular weight is 296 g/mol. The number of nitrogens with one attached hydrogen (secondary N) is 1. The zero-order chi connectivity index (χ0) is 13.8. The lowest BCUT2D eigenvalue weighted by Gasteiger charge is -2.08. The van der Waals surface area contributed by atoms with Gasteiger partial charge in [0.2, 0.25) is 0 Å². The van der Waals surface area contributed by atoms with Crippen LogP contribution < -0.4 is 5.32 Å². The van der Waals surface area contributed by atoms with Crippen molar-refractivity contribution in [3.05, 3.63) is 51.4 Å². The van der Waals surface area contributed by atoms with E-state index in [0.29, 0.717) is 16.5 Å². The Morgan fingerprint density at radius 1 is 1.16 bits per heavy atom. The fourth-order valence-corrected chi connectivity index (χ4v) is 2.29. The van der Waals surface area contributed by atoms with E-state index in [1.807, 2.05) is 32.0 Å². The van der Waals surface area contributed by atoms with Crippen molar-refractivity contribution in [1.29, 1.82) is 0 Å². The van der Waals surface area contributed by atoms with Gasteiger partial charge in [-0.05, 0) is 31.5 Å². The number of rotatable bonds is 4. The minimum atomic E-state index is 0.593. The molecule has 5 heteroatoms. The lowest BCUT2D eigenvalue weighted by molar-refractivity contribution is 0.938. The number of nitrogens with zero attached hydrogens (tertiary/aromatic N) is 2. The molecule has 0 bridgehead atoms. The van der Waals surface area contributed by atoms with E-state index in [1.54, 1.807) is 6.07 Å². The number of anilines is 1. The molecule has 0 spiro atoms. The highest BCUT2D eigenvalue weighted by Crippen LogP contribution is 2.23. The van der Waals surface area contributed by atoms with Crippen LogP contribution in [0.15, 0.2) is 24.3 Å². The molecule has 0 saturated heterocycles. The van der Waals surface area contributed by atoms with Crippen molar-refractivity contribution < 1.29 is 0 Å². The van der Waals surface area contributed by atoms with E-state index in [4.69, 9.17) is 23.2 Å². The molecule has 0 radical (unpaired) electrons. The summed E-state index contributed by atoms with van der Waals surface area (Å²) in [5.41, 5.74) is 1.91. The molecular weight excluding hydrogens is 281 g/mol. The van der Waals surface area contributed by atoms with E-state index in [0.717, 1.165) is 29.4 Å². The van der Waals surface area contributed by atoms with Gasteiger partial charge in [0, 0.05) is 34.8 Å². The van der Waals surface area contributed by atoms with Crippen LogP contribution in [0.3, 0.4) is 0 Å². The van der Waals surface area contributed by atoms with Crippen molar-refractivity contribution >= 4 is 29.0 Å². The van der Waals surface area contributed by atoms with Crippen molar-refractivity contribution in [2.45, 2.75) is 20.3 Å². The van der Waals surface area contributed by atoms with Crippen LogP contribution in [0, 0.1) is 6.92 Å². The van der Waals surface area contributed by atoms with Crippen LogP contribution in [0.1, 0.15) is 24.0 Å². The average Bonchev–Trinajstić information content (AvgIpc) is 2.32. The predicted octanol–water partition coefficient (Wildman–Crippen LogP) is 4.11. The first-order chi connectivity index (χ1) is 9.08. The molecule has 0 aliphatic heterocycles. The van der Waals surface area contributed by atoms with Gasteiger partial charge in [0.15, 0.2) is 0 Å². The van der Waals surface area contributed by atoms with Crippen molar-refractivity contribution in [2.24, 2.45) is 0 Å². The van der Waals surface area contributed by atoms with Crippen LogP contribution >= 0.6 is 23.2 Å². The molecule has 100 valence electrons. The molecule has 0 fully saturated rings. The molecular formula is C14H15Cl2N3. The summed E-state index contributed by atoms with van der Waals surface area (Å²) in [6.07, 6.45) is 0.593. The van der Waals surface area contributed by atoms with Crippen LogP contribution in [-0.4, -0.2) is 16.5 Å². The normalized spacial score (nSPS) is 10.5. The number of aromatic nitrogens is 2. The van der Waals surface area contributed by atoms with Crippen LogP contribution in [0.25, 0.3) is 0 Å². The van der Waals surface area contributed by atoms with Crippen molar-refractivity contribution in [1.82, 2.24) is 9.97 Å². The standard InChI is InChI=1S/C14H15Cl2N3/c1-3-17-13-6-9(2)18-14(19-13)7-10-4-5-11(15)8-12(10)16/h4-6,8H,3,7H2,1-2H3,(H,17,18,19). The zero-order valence-corrected chi connectivity index (χ0v) is 12.4. The highest BCUT2D eigenvalue weighted by molar-refractivity contribution is 6.35. The summed E-state index contributed by atoms with van der Waals surface area (Å²) in [4.78, 5) is 8.90. The lowest BCUT2D eigenvalue weighted by atomic mass is 10.1. The van der Waals surface area contributed by atoms with Crippen molar-refractivity contribution in [3.8, 4) is 0 Å². The topological polar surface area (TPSA) is 37.8 Å². The molecule has 19 heavy (non-hydrogen) atoms. The Hall–Kier alpha value is -1.32. The van der Waals surface area contributed by atoms with Crippen LogP contribution in [0.2, 0.25) is 10.0 Å². The van der Waals surface area contributed by atoms with Crippen LogP contribution in [0.5, 0.6) is 0 Å². The number of halogens is 2. The fourth-order valence-electron chi connectivity index (χ4n) is 1.82. The summed E-state index contributed by atoms with van der Waals surface area (Å²) < 4.78 is 0. The molecule has 3 nitrogen and oxygen atoms in total. The summed E-state index contributed by atoms with van der Waals surface area (Å²) in [6, 6.07) is 7.39. The Morgan fingerprint density at radius 2 is 1.95 bits per heavy atom. The van der Waals surface area contributed by atoms with E-state index in [9.17, 15) is 0 Å². The minimum Gasteiger partial charge on any atom is -0.370 e. The number of hydrogen-bond donors (Lipinski definition) is 1. The monoisotopic (exact) mass is 295 g/mol. The first kappa shape index (κ1) is 14.1. The van der Waals surface area contributed by atoms with Gasteiger partial charge in [-0.2, -0.15) is 0 Å². The molecule has 1 N–H and O–H groups in total. The number of aryl methyl sites for hydroxylation is 1. The van der Waals surface area contributed by atoms with Gasteiger partial charge in [-0.1, -0.05) is 29.3 Å². The third-order valence-electron chi connectivity index (χ3n) is 2.62. The SMILES string of the molecule is CCNc1cc(C)nc(Cc2ccc(Cl)cc2Cl)n1. The Labute approximate surface area is 123 Å². The second-order valence-electron chi connectivity index (χ2n) is 4.25. The van der Waals surface area contributed by atoms with Gasteiger partial charge in [0.25, 0.3) is 0 Å². The number of hydrogen-bond acceptors (Lipinski definition) is 3. The Kier molecular flexibility index (Phi) is 4.61. The van der Waals surface area contributed by atoms with Gasteiger partial charge in [-0.3, -0.25) is 0 Å². The van der Waals surface area contributed by atoms with Gasteiger partial charge in [-0.25, -0.2) is 9.97 Å². The second kappa shape index (κ2) is 6.22. The summed E-state index contributed by atoms with van der Waals surface area (Å²) in [7, 11) is 0. The van der Waals surface area contributed by atoms with Gasteiger partial charge in [0.05, 0.1) is 0 Å². The largest absolute Gasteiger partial charge is 0.370 e. The summed E-state index contributed by atoms with van der Waals surface area (Å²) >= 11 is 12.1. The molecule has 0 aliphatic rings. The van der Waals surface area contributed by atoms with E-state index in [2.05, 4.69) is 15.3 Å². The molecule has 0 amide bonds. The summed E-state index contributed by atoms with van der Waals surface area (Å²) in [5, 5.41) is 4.47. The van der Waals surface area contributed by atoms with Gasteiger partial charge in [0.1, 0.15) is 11.6 Å². The molecule has 1 aromatic heterocycles. The highest BCUT2D eigenvalue weighted by atomic mass is 35.5. The first-order valence-electron chi connectivity index (χ1n) is 6.11. The van der Waals surface area contributed by atoms with Crippen LogP contribution in [0.4, 0.5) is 5.82 Å². The second-order valence-corrected chi connectivity index (χ2v) is 5.10. The summed E-state index contributed by atoms with van der Waals surface area (Å²) in [5.74, 6) is 1.59. The number of benzene rings is 1. The molecule has 1 aromatic carbocycles. The van der Waals surface area contributed by atoms with E-state index < -0.39 is 0 Å². The predicted molar refractivity (Wildman–Crippen MR) is 80.2 cm³/mol. The molecule has 0 aliphatic carbocycles. The molecule has 0 saturated carbocycles. The van der Waals surface area contributed by atoms with Crippen molar-refractivity contribution in [2.75, 3.05) is 11.9 Å². The van der Waals surface area contributed by atoms with E-state index in [-0.39, 0.29) is 0 Å². The van der Waals surface area contributed by atoms with Crippen molar-refractivity contribution in [3.63, 3.8) is 0 Å². The quantitative estimate of drug-likeness (QED) is 0.922. The molecule has 2 aromatic rings. The molecule has 1 heterocycles. The van der Waals surface area contributed by atoms with E-state index in [1.165, 1.54) is 0 Å². The molecule has 0 unspecified atom stereocenters. The van der Waals surface area contributed by atoms with Crippen LogP contribution in [-0.2, 0) is 6.42 Å². The molecule has 0 atom stereocenters. The smallest absolute Gasteiger partial charge is 0.135 e. The highest BCUT2D eigenvalue weighted by Gasteiger charge is 2.07. The maximum atomic E-state index is 6.16. The molecule has 2 rings (SSSR count). The summed E-state index contributed by atoms with van der Waals surface area (Å²) in [6.45, 7) is 4.82. The maximum Gasteiger partial charge on any atom is 0.135 e. The third-order valence-corrected chi connectivity index (χ3v) is 3.21. The van der Waals surface area contributed by atoms with Gasteiger partial charge in [-0.15, -0.1) is 0 Å². The van der Waals surface area contributed by atoms with Gasteiger partial charge < -0.3 is 5.32 Å². The maximum absolute atomic E-state index is 6.16. The zero-order valence-electron chi connectivity index (χ0n) is 10.9. The Balaban J connectivity index is 2.27. The lowest BCUT2D eigenvalue weighted by Crippen LogP contribution is -2.05. The Bertz CT molecular complexity index is 585.